The van der Waals surface area contributed by atoms with Crippen molar-refractivity contribution in [1.29, 1.82) is 0 Å². The van der Waals surface area contributed by atoms with Gasteiger partial charge in [0.15, 0.2) is 0 Å². The van der Waals surface area contributed by atoms with Gasteiger partial charge in [0.25, 0.3) is 0 Å². The van der Waals surface area contributed by atoms with Gasteiger partial charge in [0.05, 0.1) is 19.3 Å². The minimum absolute atomic E-state index is 0.108. The zero-order valence-corrected chi connectivity index (χ0v) is 21.1. The maximum atomic E-state index is 5.59. The first-order valence-corrected chi connectivity index (χ1v) is 12.5. The summed E-state index contributed by atoms with van der Waals surface area (Å²) in [4.78, 5) is 7.47. The van der Waals surface area contributed by atoms with Crippen LogP contribution in [-0.4, -0.2) is 48.0 Å². The second kappa shape index (κ2) is 14.1. The Morgan fingerprint density at radius 3 is 2.47 bits per heavy atom. The molecule has 0 amide bonds. The summed E-state index contributed by atoms with van der Waals surface area (Å²) in [6.07, 6.45) is 19.8. The zero-order valence-electron chi connectivity index (χ0n) is 21.1. The van der Waals surface area contributed by atoms with Gasteiger partial charge < -0.3 is 9.64 Å². The van der Waals surface area contributed by atoms with Crippen molar-refractivity contribution >= 4 is 5.71 Å². The van der Waals surface area contributed by atoms with Gasteiger partial charge in [0.1, 0.15) is 11.6 Å². The smallest absolute Gasteiger partial charge is 0.147 e. The summed E-state index contributed by atoms with van der Waals surface area (Å²) in [5.74, 6) is 2.70. The van der Waals surface area contributed by atoms with Gasteiger partial charge in [-0.2, -0.15) is 0 Å². The van der Waals surface area contributed by atoms with Crippen LogP contribution in [0.5, 0.6) is 0 Å². The molecule has 0 aromatic carbocycles. The Labute approximate surface area is 196 Å². The van der Waals surface area contributed by atoms with Crippen molar-refractivity contribution in [2.75, 3.05) is 26.3 Å². The first-order chi connectivity index (χ1) is 15.6. The average molecular weight is 441 g/mol. The molecule has 1 atom stereocenters. The highest BCUT2D eigenvalue weighted by molar-refractivity contribution is 5.98. The molecule has 32 heavy (non-hydrogen) atoms. The van der Waals surface area contributed by atoms with Crippen LogP contribution >= 0.6 is 0 Å². The monoisotopic (exact) mass is 440 g/mol. The number of nitrogens with one attached hydrogen (secondary N) is 1. The summed E-state index contributed by atoms with van der Waals surface area (Å²) >= 11 is 0. The number of ether oxygens (including phenoxy) is 1. The average Bonchev–Trinajstić information content (AvgIpc) is 3.24. The van der Waals surface area contributed by atoms with E-state index < -0.39 is 0 Å². The van der Waals surface area contributed by atoms with Crippen LogP contribution in [0.2, 0.25) is 0 Å². The summed E-state index contributed by atoms with van der Waals surface area (Å²) in [7, 11) is 0. The van der Waals surface area contributed by atoms with E-state index in [1.54, 1.807) is 0 Å². The number of allylic oxidation sites excluding steroid dienone is 5. The predicted molar refractivity (Wildman–Crippen MR) is 137 cm³/mol. The Morgan fingerprint density at radius 1 is 1.19 bits per heavy atom. The summed E-state index contributed by atoms with van der Waals surface area (Å²) in [5.41, 5.74) is 6.11. The van der Waals surface area contributed by atoms with Crippen LogP contribution < -0.4 is 5.43 Å². The van der Waals surface area contributed by atoms with Crippen LogP contribution in [0.1, 0.15) is 67.2 Å². The second-order valence-electron chi connectivity index (χ2n) is 8.33. The molecule has 0 radical (unpaired) electrons. The number of morpholine rings is 1. The Balaban J connectivity index is 0.00000114. The van der Waals surface area contributed by atoms with E-state index in [0.29, 0.717) is 5.92 Å². The molecule has 5 nitrogen and oxygen atoms in total. The Morgan fingerprint density at radius 2 is 1.88 bits per heavy atom. The van der Waals surface area contributed by atoms with Crippen LogP contribution in [0.3, 0.4) is 0 Å². The number of rotatable bonds is 8. The minimum atomic E-state index is 0.108. The molecule has 3 heterocycles. The standard InChI is InChI=1S/C24H36N4O.C3H8/c1-5-9-10-12-20(11-6-2)22-17-23-25-21(19(7-3)8-4)18-24(28(23)26-22)27-13-15-29-16-14-27;1-3-2/h6,9-12,17-19,22,26H,5,7-8,13-16H2,1-4H3;3H2,1-2H3/b10-9+,11-6-,20-12+;. The number of aliphatic imine (C=N–C) groups is 1. The molecule has 0 bridgehead atoms. The molecule has 1 N–H and O–H groups in total. The highest BCUT2D eigenvalue weighted by Crippen LogP contribution is 2.31. The van der Waals surface area contributed by atoms with Gasteiger partial charge in [0.2, 0.25) is 0 Å². The summed E-state index contributed by atoms with van der Waals surface area (Å²) in [6.45, 7) is 16.3. The molecule has 0 spiro atoms. The third kappa shape index (κ3) is 6.94. The van der Waals surface area contributed by atoms with Crippen LogP contribution in [0, 0.1) is 5.92 Å². The SMILES string of the molecule is CCC.C\C=C/C(=C\C=C\CC)C1C=C2N=C(C(CC)CC)C=C(N3CCOCC3)N2N1. The van der Waals surface area contributed by atoms with Crippen molar-refractivity contribution in [1.82, 2.24) is 15.3 Å². The first kappa shape index (κ1) is 26.1. The lowest BCUT2D eigenvalue weighted by molar-refractivity contribution is 0.0365. The topological polar surface area (TPSA) is 40.1 Å². The predicted octanol–water partition coefficient (Wildman–Crippen LogP) is 5.97. The fourth-order valence-corrected chi connectivity index (χ4v) is 3.98. The molecule has 3 rings (SSSR count). The zero-order chi connectivity index (χ0) is 23.3. The van der Waals surface area contributed by atoms with Crippen molar-refractivity contribution in [2.24, 2.45) is 10.9 Å². The highest BCUT2D eigenvalue weighted by atomic mass is 16.5. The van der Waals surface area contributed by atoms with Gasteiger partial charge in [-0.15, -0.1) is 0 Å². The molecule has 0 aliphatic carbocycles. The summed E-state index contributed by atoms with van der Waals surface area (Å²) in [6, 6.07) is 0.108. The molecule has 1 saturated heterocycles. The lowest BCUT2D eigenvalue weighted by Crippen LogP contribution is -2.47. The number of nitrogens with zero attached hydrogens (tertiary/aromatic N) is 3. The van der Waals surface area contributed by atoms with Gasteiger partial charge in [-0.3, -0.25) is 0 Å². The van der Waals surface area contributed by atoms with Crippen LogP contribution in [-0.2, 0) is 4.74 Å². The Bertz CT molecular complexity index is 750. The highest BCUT2D eigenvalue weighted by Gasteiger charge is 2.33. The first-order valence-electron chi connectivity index (χ1n) is 12.5. The molecule has 3 aliphatic rings. The van der Waals surface area contributed by atoms with E-state index in [-0.39, 0.29) is 6.04 Å². The van der Waals surface area contributed by atoms with Gasteiger partial charge in [-0.25, -0.2) is 15.4 Å². The maximum Gasteiger partial charge on any atom is 0.147 e. The molecule has 3 aliphatic heterocycles. The Kier molecular flexibility index (Phi) is 11.5. The number of fused-ring (bicyclic) bond motifs is 1. The van der Waals surface area contributed by atoms with Crippen molar-refractivity contribution in [3.8, 4) is 0 Å². The molecular weight excluding hydrogens is 396 g/mol. The molecule has 1 fully saturated rings. The fourth-order valence-electron chi connectivity index (χ4n) is 3.98. The fraction of sp³-hybridized carbons (Fsp3) is 0.593. The van der Waals surface area contributed by atoms with Gasteiger partial charge in [-0.05, 0) is 37.8 Å². The number of hydrogen-bond donors (Lipinski definition) is 1. The van der Waals surface area contributed by atoms with Crippen molar-refractivity contribution < 1.29 is 4.74 Å². The third-order valence-corrected chi connectivity index (χ3v) is 5.68. The van der Waals surface area contributed by atoms with E-state index in [9.17, 15) is 0 Å². The van der Waals surface area contributed by atoms with E-state index in [4.69, 9.17) is 9.73 Å². The van der Waals surface area contributed by atoms with E-state index in [2.05, 4.69) is 99.4 Å². The van der Waals surface area contributed by atoms with Crippen molar-refractivity contribution in [2.45, 2.75) is 73.3 Å². The molecular formula is C27H44N4O. The van der Waals surface area contributed by atoms with E-state index >= 15 is 0 Å². The lowest BCUT2D eigenvalue weighted by atomic mass is 9.96. The lowest BCUT2D eigenvalue weighted by Gasteiger charge is -2.38. The van der Waals surface area contributed by atoms with Gasteiger partial charge in [-0.1, -0.05) is 71.4 Å². The maximum absolute atomic E-state index is 5.59. The third-order valence-electron chi connectivity index (χ3n) is 5.68. The molecule has 1 unspecified atom stereocenters. The van der Waals surface area contributed by atoms with Crippen molar-refractivity contribution in [3.05, 3.63) is 59.7 Å². The number of hydrogen-bond acceptors (Lipinski definition) is 5. The van der Waals surface area contributed by atoms with E-state index in [0.717, 1.165) is 51.4 Å². The molecule has 0 aromatic rings. The minimum Gasteiger partial charge on any atom is -0.378 e. The number of hydrazine groups is 1. The molecule has 0 aromatic heterocycles. The van der Waals surface area contributed by atoms with Crippen molar-refractivity contribution in [3.63, 3.8) is 0 Å². The normalized spacial score (nSPS) is 21.5. The molecule has 5 heteroatoms. The van der Waals surface area contributed by atoms with Gasteiger partial charge in [0, 0.05) is 30.8 Å². The molecule has 0 saturated carbocycles. The second-order valence-corrected chi connectivity index (χ2v) is 8.33. The largest absolute Gasteiger partial charge is 0.378 e. The van der Waals surface area contributed by atoms with Gasteiger partial charge >= 0.3 is 0 Å². The quantitative estimate of drug-likeness (QED) is 0.472. The van der Waals surface area contributed by atoms with E-state index in [1.807, 2.05) is 0 Å². The Hall–Kier alpha value is -2.11. The summed E-state index contributed by atoms with van der Waals surface area (Å²) in [5, 5.41) is 2.17. The van der Waals surface area contributed by atoms with Crippen LogP contribution in [0.25, 0.3) is 0 Å². The van der Waals surface area contributed by atoms with Crippen LogP contribution in [0.4, 0.5) is 0 Å². The van der Waals surface area contributed by atoms with E-state index in [1.165, 1.54) is 23.5 Å². The van der Waals surface area contributed by atoms with Crippen LogP contribution in [0.15, 0.2) is 64.7 Å². The molecule has 178 valence electrons. The summed E-state index contributed by atoms with van der Waals surface area (Å²) < 4.78 is 5.59.